The Balaban J connectivity index is 1.63. The Morgan fingerprint density at radius 2 is 1.55 bits per heavy atom. The number of nitrogens with zero attached hydrogens (tertiary/aromatic N) is 2. The lowest BCUT2D eigenvalue weighted by Gasteiger charge is -2.09. The van der Waals surface area contributed by atoms with E-state index in [1.807, 2.05) is 24.3 Å². The number of ketones is 1. The highest BCUT2D eigenvalue weighted by molar-refractivity contribution is 8.00. The molecule has 3 nitrogen and oxygen atoms in total. The van der Waals surface area contributed by atoms with Crippen molar-refractivity contribution in [3.8, 4) is 11.3 Å². The van der Waals surface area contributed by atoms with Gasteiger partial charge in [0.25, 0.3) is 0 Å². The summed E-state index contributed by atoms with van der Waals surface area (Å²) in [6.07, 6.45) is 0. The second-order valence-corrected chi connectivity index (χ2v) is 7.21. The van der Waals surface area contributed by atoms with Crippen LogP contribution in [0.1, 0.15) is 10.4 Å². The molecule has 7 heteroatoms. The molecule has 0 atom stereocenters. The molecule has 0 amide bonds. The molecule has 3 aromatic carbocycles. The van der Waals surface area contributed by atoms with Crippen LogP contribution in [0.3, 0.4) is 0 Å². The molecule has 4 rings (SSSR count). The van der Waals surface area contributed by atoms with Crippen molar-refractivity contribution in [2.75, 3.05) is 5.75 Å². The molecule has 0 aliphatic rings. The van der Waals surface area contributed by atoms with Crippen LogP contribution in [0.5, 0.6) is 0 Å². The van der Waals surface area contributed by atoms with Crippen LogP contribution in [-0.2, 0) is 0 Å². The number of carbonyl (C=O) groups excluding carboxylic acids is 1. The highest BCUT2D eigenvalue weighted by Gasteiger charge is 2.15. The summed E-state index contributed by atoms with van der Waals surface area (Å²) >= 11 is 1.17. The number of carbonyl (C=O) groups is 1. The smallest absolute Gasteiger partial charge is 0.173 e. The van der Waals surface area contributed by atoms with Crippen molar-refractivity contribution in [2.24, 2.45) is 0 Å². The van der Waals surface area contributed by atoms with Crippen LogP contribution in [0.2, 0.25) is 0 Å². The summed E-state index contributed by atoms with van der Waals surface area (Å²) in [7, 11) is 0. The lowest BCUT2D eigenvalue weighted by Crippen LogP contribution is -2.04. The zero-order chi connectivity index (χ0) is 20.4. The number of benzene rings is 3. The number of thioether (sulfide) groups is 1. The van der Waals surface area contributed by atoms with Crippen LogP contribution in [0.4, 0.5) is 13.2 Å². The molecule has 0 unspecified atom stereocenters. The summed E-state index contributed by atoms with van der Waals surface area (Å²) in [6, 6.07) is 16.5. The lowest BCUT2D eigenvalue weighted by atomic mass is 10.1. The summed E-state index contributed by atoms with van der Waals surface area (Å²) in [5.41, 5.74) is 1.43. The molecular weight excluding hydrogens is 397 g/mol. The third-order valence-corrected chi connectivity index (χ3v) is 5.33. The van der Waals surface area contributed by atoms with Crippen molar-refractivity contribution < 1.29 is 18.0 Å². The van der Waals surface area contributed by atoms with Crippen molar-refractivity contribution >= 4 is 28.3 Å². The minimum atomic E-state index is -1.06. The first-order valence-corrected chi connectivity index (χ1v) is 9.64. The summed E-state index contributed by atoms with van der Waals surface area (Å²) in [5, 5.41) is 10.7. The molecule has 0 fully saturated rings. The Kier molecular flexibility index (Phi) is 5.31. The van der Waals surface area contributed by atoms with Gasteiger partial charge in [-0.05, 0) is 42.5 Å². The van der Waals surface area contributed by atoms with Crippen molar-refractivity contribution in [2.45, 2.75) is 5.03 Å². The molecule has 0 aliphatic heterocycles. The molecule has 0 saturated carbocycles. The van der Waals surface area contributed by atoms with Gasteiger partial charge in [0.15, 0.2) is 17.4 Å². The van der Waals surface area contributed by atoms with Gasteiger partial charge in [-0.3, -0.25) is 4.79 Å². The third-order valence-electron chi connectivity index (χ3n) is 4.35. The predicted molar refractivity (Wildman–Crippen MR) is 106 cm³/mol. The summed E-state index contributed by atoms with van der Waals surface area (Å²) in [6.45, 7) is 0. The van der Waals surface area contributed by atoms with Crippen LogP contribution in [0.25, 0.3) is 22.0 Å². The number of hydrogen-bond donors (Lipinski definition) is 0. The van der Waals surface area contributed by atoms with Gasteiger partial charge in [0.05, 0.1) is 5.75 Å². The average molecular weight is 410 g/mol. The Morgan fingerprint density at radius 3 is 2.28 bits per heavy atom. The Morgan fingerprint density at radius 1 is 0.828 bits per heavy atom. The minimum Gasteiger partial charge on any atom is -0.293 e. The molecule has 1 aromatic heterocycles. The average Bonchev–Trinajstić information content (AvgIpc) is 2.74. The summed E-state index contributed by atoms with van der Waals surface area (Å²) < 4.78 is 39.6. The topological polar surface area (TPSA) is 42.9 Å². The number of halogens is 3. The Labute approximate surface area is 168 Å². The van der Waals surface area contributed by atoms with Crippen LogP contribution < -0.4 is 0 Å². The van der Waals surface area contributed by atoms with Gasteiger partial charge in [0.2, 0.25) is 0 Å². The van der Waals surface area contributed by atoms with E-state index in [1.165, 1.54) is 30.0 Å². The monoisotopic (exact) mass is 410 g/mol. The van der Waals surface area contributed by atoms with Crippen molar-refractivity contribution in [3.63, 3.8) is 0 Å². The maximum absolute atomic E-state index is 13.4. The number of hydrogen-bond acceptors (Lipinski definition) is 4. The van der Waals surface area contributed by atoms with E-state index in [9.17, 15) is 18.0 Å². The lowest BCUT2D eigenvalue weighted by molar-refractivity contribution is 0.102. The van der Waals surface area contributed by atoms with Crippen molar-refractivity contribution in [1.29, 1.82) is 0 Å². The van der Waals surface area contributed by atoms with E-state index in [1.54, 1.807) is 12.1 Å². The van der Waals surface area contributed by atoms with Crippen molar-refractivity contribution in [3.05, 3.63) is 89.7 Å². The SMILES string of the molecule is O=C(CSc1nnc(-c2ccc(F)cc2)c2ccccc12)c1ccc(F)c(F)c1. The summed E-state index contributed by atoms with van der Waals surface area (Å²) in [4.78, 5) is 12.3. The van der Waals surface area contributed by atoms with E-state index >= 15 is 0 Å². The maximum Gasteiger partial charge on any atom is 0.173 e. The first-order valence-electron chi connectivity index (χ1n) is 8.65. The van der Waals surface area contributed by atoms with Crippen LogP contribution in [0, 0.1) is 17.5 Å². The zero-order valence-corrected chi connectivity index (χ0v) is 15.7. The molecule has 1 heterocycles. The quantitative estimate of drug-likeness (QED) is 0.313. The van der Waals surface area contributed by atoms with E-state index in [2.05, 4.69) is 10.2 Å². The largest absolute Gasteiger partial charge is 0.293 e. The molecule has 0 aliphatic carbocycles. The first-order chi connectivity index (χ1) is 14.0. The standard InChI is InChI=1S/C22H13F3N2OS/c23-15-8-5-13(6-9-15)21-16-3-1-2-4-17(16)22(27-26-21)29-12-20(28)14-7-10-18(24)19(25)11-14/h1-11H,12H2. The zero-order valence-electron chi connectivity index (χ0n) is 14.9. The number of aromatic nitrogens is 2. The van der Waals surface area contributed by atoms with E-state index in [0.29, 0.717) is 10.7 Å². The molecular formula is C22H13F3N2OS. The third kappa shape index (κ3) is 4.00. The van der Waals surface area contributed by atoms with Gasteiger partial charge >= 0.3 is 0 Å². The fourth-order valence-electron chi connectivity index (χ4n) is 2.89. The first kappa shape index (κ1) is 19.1. The fourth-order valence-corrected chi connectivity index (χ4v) is 3.76. The molecule has 0 radical (unpaired) electrons. The Bertz CT molecular complexity index is 1210. The van der Waals surface area contributed by atoms with Gasteiger partial charge in [0.1, 0.15) is 16.5 Å². The minimum absolute atomic E-state index is 0.000356. The van der Waals surface area contributed by atoms with E-state index in [-0.39, 0.29) is 22.9 Å². The van der Waals surface area contributed by atoms with Gasteiger partial charge in [-0.1, -0.05) is 36.0 Å². The maximum atomic E-state index is 13.4. The number of fused-ring (bicyclic) bond motifs is 1. The molecule has 29 heavy (non-hydrogen) atoms. The van der Waals surface area contributed by atoms with Gasteiger partial charge in [-0.2, -0.15) is 0 Å². The van der Waals surface area contributed by atoms with Gasteiger partial charge < -0.3 is 0 Å². The molecule has 0 bridgehead atoms. The number of rotatable bonds is 5. The summed E-state index contributed by atoms with van der Waals surface area (Å²) in [5.74, 6) is -2.74. The van der Waals surface area contributed by atoms with Gasteiger partial charge in [0, 0.05) is 21.9 Å². The van der Waals surface area contributed by atoms with Crippen LogP contribution >= 0.6 is 11.8 Å². The fraction of sp³-hybridized carbons (Fsp3) is 0.0455. The van der Waals surface area contributed by atoms with E-state index in [4.69, 9.17) is 0 Å². The van der Waals surface area contributed by atoms with Crippen LogP contribution in [0.15, 0.2) is 71.8 Å². The second kappa shape index (κ2) is 8.05. The van der Waals surface area contributed by atoms with Gasteiger partial charge in [-0.15, -0.1) is 10.2 Å². The van der Waals surface area contributed by atoms with E-state index in [0.717, 1.165) is 28.5 Å². The molecule has 0 spiro atoms. The van der Waals surface area contributed by atoms with E-state index < -0.39 is 11.6 Å². The Hall–Kier alpha value is -3.19. The van der Waals surface area contributed by atoms with Crippen molar-refractivity contribution in [1.82, 2.24) is 10.2 Å². The highest BCUT2D eigenvalue weighted by atomic mass is 32.2. The molecule has 144 valence electrons. The highest BCUT2D eigenvalue weighted by Crippen LogP contribution is 2.32. The van der Waals surface area contributed by atoms with Crippen LogP contribution in [-0.4, -0.2) is 21.7 Å². The predicted octanol–water partition coefficient (Wildman–Crippen LogP) is 5.69. The van der Waals surface area contributed by atoms with Gasteiger partial charge in [-0.25, -0.2) is 13.2 Å². The molecule has 0 saturated heterocycles. The molecule has 0 N–H and O–H groups in total. The second-order valence-electron chi connectivity index (χ2n) is 6.25. The number of Topliss-reactive ketones (excluding diaryl/α,β-unsaturated/α-hetero) is 1. The normalized spacial score (nSPS) is 11.0. The molecule has 4 aromatic rings.